The maximum absolute atomic E-state index is 10.9. The first-order valence-electron chi connectivity index (χ1n) is 19.6. The minimum atomic E-state index is -0.647. The number of rotatable bonds is 37. The summed E-state index contributed by atoms with van der Waals surface area (Å²) in [4.78, 5) is 13.5. The lowest BCUT2D eigenvalue weighted by atomic mass is 10.0. The molecule has 0 atom stereocenters. The maximum Gasteiger partial charge on any atom is 0.303 e. The van der Waals surface area contributed by atoms with Crippen molar-refractivity contribution < 1.29 is 9.90 Å². The molecule has 0 fully saturated rings. The summed E-state index contributed by atoms with van der Waals surface area (Å²) in [7, 11) is 0. The van der Waals surface area contributed by atoms with Gasteiger partial charge in [-0.05, 0) is 45.3 Å². The molecule has 0 saturated carbocycles. The predicted molar refractivity (Wildman–Crippen MR) is 188 cm³/mol. The number of nitrogens with zero attached hydrogens (tertiary/aromatic N) is 1. The molecule has 0 radical (unpaired) electrons. The molecular weight excluding hydrogens is 514 g/mol. The average molecular weight is 594 g/mol. The van der Waals surface area contributed by atoms with E-state index < -0.39 is 5.97 Å². The van der Waals surface area contributed by atoms with Crippen molar-refractivity contribution in [3.05, 3.63) is 0 Å². The summed E-state index contributed by atoms with van der Waals surface area (Å²) < 4.78 is 0. The molecule has 0 aliphatic rings. The van der Waals surface area contributed by atoms with Crippen molar-refractivity contribution in [1.82, 2.24) is 4.90 Å². The highest BCUT2D eigenvalue weighted by molar-refractivity contribution is 5.66. The Morgan fingerprint density at radius 3 is 0.810 bits per heavy atom. The summed E-state index contributed by atoms with van der Waals surface area (Å²) >= 11 is 0. The second-order valence-corrected chi connectivity index (χ2v) is 13.6. The lowest BCUT2D eigenvalue weighted by Gasteiger charge is -2.22. The van der Waals surface area contributed by atoms with Crippen molar-refractivity contribution in [2.45, 2.75) is 226 Å². The fourth-order valence-corrected chi connectivity index (χ4v) is 6.36. The molecule has 252 valence electrons. The van der Waals surface area contributed by atoms with Gasteiger partial charge >= 0.3 is 5.97 Å². The van der Waals surface area contributed by atoms with Gasteiger partial charge in [-0.3, -0.25) is 4.79 Å². The molecule has 0 spiro atoms. The van der Waals surface area contributed by atoms with Crippen molar-refractivity contribution in [2.75, 3.05) is 19.6 Å². The molecule has 0 aromatic carbocycles. The van der Waals surface area contributed by atoms with Crippen LogP contribution in [0, 0.1) is 0 Å². The van der Waals surface area contributed by atoms with Crippen LogP contribution >= 0.6 is 0 Å². The molecule has 3 nitrogen and oxygen atoms in total. The number of carboxylic acids is 1. The van der Waals surface area contributed by atoms with E-state index in [1.54, 1.807) is 0 Å². The van der Waals surface area contributed by atoms with Gasteiger partial charge in [-0.1, -0.05) is 194 Å². The molecule has 0 aliphatic carbocycles. The van der Waals surface area contributed by atoms with Gasteiger partial charge in [0.2, 0.25) is 0 Å². The van der Waals surface area contributed by atoms with Crippen LogP contribution in [-0.4, -0.2) is 35.6 Å². The van der Waals surface area contributed by atoms with Gasteiger partial charge in [0.1, 0.15) is 0 Å². The highest BCUT2D eigenvalue weighted by Gasteiger charge is 2.06. The molecule has 0 bridgehead atoms. The maximum atomic E-state index is 10.9. The van der Waals surface area contributed by atoms with E-state index in [-0.39, 0.29) is 0 Å². The summed E-state index contributed by atoms with van der Waals surface area (Å²) in [6.07, 6.45) is 44.7. The third-order valence-corrected chi connectivity index (χ3v) is 9.27. The van der Waals surface area contributed by atoms with Crippen LogP contribution in [0.4, 0.5) is 0 Å². The number of unbranched alkanes of at least 4 members (excludes halogenated alkanes) is 29. The molecular formula is C39H79NO2. The van der Waals surface area contributed by atoms with E-state index in [9.17, 15) is 4.79 Å². The van der Waals surface area contributed by atoms with E-state index in [0.717, 1.165) is 19.4 Å². The third-order valence-electron chi connectivity index (χ3n) is 9.27. The van der Waals surface area contributed by atoms with Crippen molar-refractivity contribution in [2.24, 2.45) is 0 Å². The number of hydrogen-bond acceptors (Lipinski definition) is 2. The van der Waals surface area contributed by atoms with Crippen LogP contribution < -0.4 is 0 Å². The van der Waals surface area contributed by atoms with Crippen molar-refractivity contribution >= 4 is 5.97 Å². The van der Waals surface area contributed by atoms with E-state index in [1.165, 1.54) is 206 Å². The normalized spacial score (nSPS) is 11.6. The molecule has 0 aromatic rings. The molecule has 0 amide bonds. The summed E-state index contributed by atoms with van der Waals surface area (Å²) in [5.41, 5.74) is 0. The van der Waals surface area contributed by atoms with Crippen molar-refractivity contribution in [1.29, 1.82) is 0 Å². The van der Waals surface area contributed by atoms with Crippen LogP contribution in [-0.2, 0) is 4.79 Å². The minimum absolute atomic E-state index is 0.325. The lowest BCUT2D eigenvalue weighted by molar-refractivity contribution is -0.137. The fraction of sp³-hybridized carbons (Fsp3) is 0.974. The van der Waals surface area contributed by atoms with Crippen LogP contribution in [0.25, 0.3) is 0 Å². The molecule has 0 rings (SSSR count). The second kappa shape index (κ2) is 36.6. The van der Waals surface area contributed by atoms with Gasteiger partial charge in [0, 0.05) is 6.42 Å². The monoisotopic (exact) mass is 594 g/mol. The zero-order valence-electron chi connectivity index (χ0n) is 29.3. The van der Waals surface area contributed by atoms with Gasteiger partial charge in [-0.2, -0.15) is 0 Å². The zero-order valence-corrected chi connectivity index (χ0v) is 29.3. The number of carbonyl (C=O) groups is 1. The lowest BCUT2D eigenvalue weighted by Crippen LogP contribution is -2.27. The van der Waals surface area contributed by atoms with Gasteiger partial charge in [-0.15, -0.1) is 0 Å². The van der Waals surface area contributed by atoms with E-state index in [4.69, 9.17) is 5.11 Å². The third kappa shape index (κ3) is 35.6. The van der Waals surface area contributed by atoms with Crippen LogP contribution in [0.3, 0.4) is 0 Å². The number of aliphatic carboxylic acids is 1. The Hall–Kier alpha value is -0.570. The summed E-state index contributed by atoms with van der Waals surface area (Å²) in [6, 6.07) is 0. The first-order valence-corrected chi connectivity index (χ1v) is 19.6. The average Bonchev–Trinajstić information content (AvgIpc) is 2.98. The Balaban J connectivity index is 3.69. The molecule has 0 unspecified atom stereocenters. The quantitative estimate of drug-likeness (QED) is 0.0728. The van der Waals surface area contributed by atoms with Crippen molar-refractivity contribution in [3.63, 3.8) is 0 Å². The minimum Gasteiger partial charge on any atom is -0.481 e. The van der Waals surface area contributed by atoms with Crippen LogP contribution in [0.2, 0.25) is 0 Å². The standard InChI is InChI=1S/C39H79NO2/c1-3-5-7-9-11-13-15-17-19-21-23-25-27-29-32-36-40(38-34-31-35-39(41)42)37-33-30-28-26-24-22-20-18-16-14-12-10-8-6-4-2/h3-38H2,1-2H3,(H,41,42). The van der Waals surface area contributed by atoms with Crippen LogP contribution in [0.1, 0.15) is 226 Å². The fourth-order valence-electron chi connectivity index (χ4n) is 6.36. The predicted octanol–water partition coefficient (Wildman–Crippen LogP) is 13.3. The van der Waals surface area contributed by atoms with Gasteiger partial charge < -0.3 is 10.0 Å². The van der Waals surface area contributed by atoms with Gasteiger partial charge in [-0.25, -0.2) is 0 Å². The SMILES string of the molecule is CCCCCCCCCCCCCCCCCN(CCCCCCCCCCCCCCCCC)CCCCC(=O)O. The summed E-state index contributed by atoms with van der Waals surface area (Å²) in [5, 5.41) is 8.97. The Morgan fingerprint density at radius 1 is 0.357 bits per heavy atom. The van der Waals surface area contributed by atoms with Crippen LogP contribution in [0.5, 0.6) is 0 Å². The van der Waals surface area contributed by atoms with E-state index >= 15 is 0 Å². The Bertz CT molecular complexity index is 475. The first-order chi connectivity index (χ1) is 20.7. The van der Waals surface area contributed by atoms with Crippen molar-refractivity contribution in [3.8, 4) is 0 Å². The summed E-state index contributed by atoms with van der Waals surface area (Å²) in [6.45, 7) is 8.10. The molecule has 1 N–H and O–H groups in total. The molecule has 0 aliphatic heterocycles. The molecule has 0 heterocycles. The molecule has 0 saturated heterocycles. The van der Waals surface area contributed by atoms with Gasteiger partial charge in [0.15, 0.2) is 0 Å². The smallest absolute Gasteiger partial charge is 0.303 e. The topological polar surface area (TPSA) is 40.5 Å². The second-order valence-electron chi connectivity index (χ2n) is 13.6. The van der Waals surface area contributed by atoms with Gasteiger partial charge in [0.25, 0.3) is 0 Å². The first kappa shape index (κ1) is 41.4. The van der Waals surface area contributed by atoms with Crippen LogP contribution in [0.15, 0.2) is 0 Å². The van der Waals surface area contributed by atoms with E-state index in [1.807, 2.05) is 0 Å². The Labute approximate surface area is 265 Å². The molecule has 3 heteroatoms. The molecule has 0 aromatic heterocycles. The highest BCUT2D eigenvalue weighted by Crippen LogP contribution is 2.15. The largest absolute Gasteiger partial charge is 0.481 e. The molecule has 42 heavy (non-hydrogen) atoms. The Kier molecular flexibility index (Phi) is 36.1. The summed E-state index contributed by atoms with van der Waals surface area (Å²) in [5.74, 6) is -0.647. The number of carboxylic acid groups (broad SMARTS) is 1. The van der Waals surface area contributed by atoms with Gasteiger partial charge in [0.05, 0.1) is 0 Å². The zero-order chi connectivity index (χ0) is 30.6. The van der Waals surface area contributed by atoms with E-state index in [2.05, 4.69) is 18.7 Å². The van der Waals surface area contributed by atoms with E-state index in [0.29, 0.717) is 6.42 Å². The number of hydrogen-bond donors (Lipinski definition) is 1. The highest BCUT2D eigenvalue weighted by atomic mass is 16.4. The Morgan fingerprint density at radius 2 is 0.571 bits per heavy atom.